The number of benzene rings is 2. The predicted octanol–water partition coefficient (Wildman–Crippen LogP) is 6.44. The average molecular weight is 422 g/mol. The number of halogens is 3. The van der Waals surface area contributed by atoms with Gasteiger partial charge in [0.15, 0.2) is 11.0 Å². The second kappa shape index (κ2) is 8.15. The van der Waals surface area contributed by atoms with E-state index >= 15 is 0 Å². The van der Waals surface area contributed by atoms with Gasteiger partial charge in [-0.25, -0.2) is 9.97 Å². The molecule has 0 spiro atoms. The van der Waals surface area contributed by atoms with E-state index in [1.807, 2.05) is 18.4 Å². The normalized spacial score (nSPS) is 10.4. The zero-order valence-corrected chi connectivity index (χ0v) is 16.5. The van der Waals surface area contributed by atoms with Crippen LogP contribution in [-0.2, 0) is 0 Å². The summed E-state index contributed by atoms with van der Waals surface area (Å²) in [5.41, 5.74) is 2.25. The van der Waals surface area contributed by atoms with Crippen LogP contribution in [0.1, 0.15) is 5.56 Å². The van der Waals surface area contributed by atoms with Gasteiger partial charge in [0.1, 0.15) is 11.6 Å². The van der Waals surface area contributed by atoms with E-state index in [4.69, 9.17) is 34.8 Å². The maximum Gasteiger partial charge on any atom is 0.189 e. The molecule has 130 valence electrons. The molecule has 0 atom stereocenters. The Morgan fingerprint density at radius 2 is 1.62 bits per heavy atom. The van der Waals surface area contributed by atoms with Crippen LogP contribution in [0.3, 0.4) is 0 Å². The first-order valence-corrected chi connectivity index (χ1v) is 9.71. The molecular weight excluding hydrogens is 411 g/mol. The second-order valence-electron chi connectivity index (χ2n) is 5.18. The van der Waals surface area contributed by atoms with Gasteiger partial charge in [-0.15, -0.1) is 0 Å². The van der Waals surface area contributed by atoms with E-state index in [-0.39, 0.29) is 0 Å². The lowest BCUT2D eigenvalue weighted by molar-refractivity contribution is 0.975. The number of rotatable bonds is 4. The molecule has 3 aromatic rings. The van der Waals surface area contributed by atoms with E-state index in [0.717, 1.165) is 5.56 Å². The molecule has 0 fully saturated rings. The maximum absolute atomic E-state index is 9.71. The quantitative estimate of drug-likeness (QED) is 0.388. The van der Waals surface area contributed by atoms with E-state index in [0.29, 0.717) is 43.0 Å². The summed E-state index contributed by atoms with van der Waals surface area (Å²) in [4.78, 5) is 8.92. The smallest absolute Gasteiger partial charge is 0.189 e. The van der Waals surface area contributed by atoms with Crippen LogP contribution in [0.25, 0.3) is 11.3 Å². The fourth-order valence-electron chi connectivity index (χ4n) is 2.31. The van der Waals surface area contributed by atoms with Gasteiger partial charge < -0.3 is 5.32 Å². The summed E-state index contributed by atoms with van der Waals surface area (Å²) in [6, 6.07) is 14.4. The van der Waals surface area contributed by atoms with Crippen molar-refractivity contribution in [1.29, 1.82) is 5.26 Å². The Labute approximate surface area is 170 Å². The topological polar surface area (TPSA) is 61.6 Å². The molecule has 0 amide bonds. The highest BCUT2D eigenvalue weighted by Gasteiger charge is 2.16. The standard InChI is InChI=1S/C18H11Cl3N4S/c1-26-18-24-16(10-2-4-11(19)5-3-10)15(9-22)17(25-18)23-14-7-12(20)6-13(21)8-14/h2-8H,1H3,(H,23,24,25). The highest BCUT2D eigenvalue weighted by molar-refractivity contribution is 7.98. The molecule has 0 saturated heterocycles. The van der Waals surface area contributed by atoms with Crippen LogP contribution in [0, 0.1) is 11.3 Å². The van der Waals surface area contributed by atoms with Gasteiger partial charge in [0, 0.05) is 26.3 Å². The first kappa shape index (κ1) is 18.8. The molecule has 26 heavy (non-hydrogen) atoms. The lowest BCUT2D eigenvalue weighted by Crippen LogP contribution is -2.03. The van der Waals surface area contributed by atoms with Crippen molar-refractivity contribution in [2.75, 3.05) is 11.6 Å². The van der Waals surface area contributed by atoms with Crippen LogP contribution in [-0.4, -0.2) is 16.2 Å². The zero-order valence-electron chi connectivity index (χ0n) is 13.4. The fraction of sp³-hybridized carbons (Fsp3) is 0.0556. The Kier molecular flexibility index (Phi) is 5.90. The number of nitrogens with zero attached hydrogens (tertiary/aromatic N) is 3. The Hall–Kier alpha value is -1.97. The van der Waals surface area contributed by atoms with Crippen molar-refractivity contribution in [3.05, 3.63) is 63.1 Å². The van der Waals surface area contributed by atoms with Gasteiger partial charge in [0.2, 0.25) is 0 Å². The zero-order chi connectivity index (χ0) is 18.7. The number of hydrogen-bond acceptors (Lipinski definition) is 5. The molecule has 0 aliphatic carbocycles. The molecule has 0 aliphatic rings. The van der Waals surface area contributed by atoms with E-state index < -0.39 is 0 Å². The molecule has 0 unspecified atom stereocenters. The van der Waals surface area contributed by atoms with Gasteiger partial charge in [-0.3, -0.25) is 0 Å². The van der Waals surface area contributed by atoms with Crippen LogP contribution in [0.2, 0.25) is 15.1 Å². The predicted molar refractivity (Wildman–Crippen MR) is 109 cm³/mol. The Morgan fingerprint density at radius 1 is 0.962 bits per heavy atom. The van der Waals surface area contributed by atoms with Crippen LogP contribution < -0.4 is 5.32 Å². The monoisotopic (exact) mass is 420 g/mol. The number of nitrogens with one attached hydrogen (secondary N) is 1. The molecule has 0 saturated carbocycles. The summed E-state index contributed by atoms with van der Waals surface area (Å²) >= 11 is 19.4. The van der Waals surface area contributed by atoms with E-state index in [2.05, 4.69) is 21.4 Å². The number of hydrogen-bond donors (Lipinski definition) is 1. The summed E-state index contributed by atoms with van der Waals surface area (Å²) in [7, 11) is 0. The van der Waals surface area contributed by atoms with Gasteiger partial charge >= 0.3 is 0 Å². The van der Waals surface area contributed by atoms with Gasteiger partial charge in [-0.1, -0.05) is 58.7 Å². The number of anilines is 2. The number of thioether (sulfide) groups is 1. The highest BCUT2D eigenvalue weighted by Crippen LogP contribution is 2.32. The van der Waals surface area contributed by atoms with Gasteiger partial charge in [0.25, 0.3) is 0 Å². The minimum atomic E-state index is 0.321. The van der Waals surface area contributed by atoms with E-state index in [1.165, 1.54) is 11.8 Å². The second-order valence-corrected chi connectivity index (χ2v) is 7.27. The van der Waals surface area contributed by atoms with Crippen LogP contribution in [0.15, 0.2) is 47.6 Å². The first-order chi connectivity index (χ1) is 12.5. The molecule has 1 heterocycles. The van der Waals surface area contributed by atoms with Crippen molar-refractivity contribution in [3.63, 3.8) is 0 Å². The Balaban J connectivity index is 2.14. The molecule has 0 bridgehead atoms. The minimum Gasteiger partial charge on any atom is -0.339 e. The van der Waals surface area contributed by atoms with Crippen molar-refractivity contribution < 1.29 is 0 Å². The Bertz CT molecular complexity index is 980. The molecule has 1 aromatic heterocycles. The third-order valence-electron chi connectivity index (χ3n) is 3.43. The highest BCUT2D eigenvalue weighted by atomic mass is 35.5. The third kappa shape index (κ3) is 4.22. The molecule has 8 heteroatoms. The average Bonchev–Trinajstić information content (AvgIpc) is 2.61. The molecule has 0 radical (unpaired) electrons. The van der Waals surface area contributed by atoms with Crippen molar-refractivity contribution in [2.24, 2.45) is 0 Å². The molecular formula is C18H11Cl3N4S. The molecule has 1 N–H and O–H groups in total. The molecule has 3 rings (SSSR count). The van der Waals surface area contributed by atoms with Crippen molar-refractivity contribution >= 4 is 58.1 Å². The molecule has 4 nitrogen and oxygen atoms in total. The van der Waals surface area contributed by atoms with Crippen LogP contribution in [0.5, 0.6) is 0 Å². The summed E-state index contributed by atoms with van der Waals surface area (Å²) in [6.45, 7) is 0. The minimum absolute atomic E-state index is 0.321. The summed E-state index contributed by atoms with van der Waals surface area (Å²) < 4.78 is 0. The molecule has 2 aromatic carbocycles. The van der Waals surface area contributed by atoms with Crippen LogP contribution in [0.4, 0.5) is 11.5 Å². The van der Waals surface area contributed by atoms with Gasteiger partial charge in [-0.05, 0) is 36.6 Å². The number of nitriles is 1. The first-order valence-electron chi connectivity index (χ1n) is 7.35. The van der Waals surface area contributed by atoms with E-state index in [9.17, 15) is 5.26 Å². The summed E-state index contributed by atoms with van der Waals surface area (Å²) in [5.74, 6) is 0.384. The van der Waals surface area contributed by atoms with Crippen molar-refractivity contribution in [3.8, 4) is 17.3 Å². The SMILES string of the molecule is CSc1nc(Nc2cc(Cl)cc(Cl)c2)c(C#N)c(-c2ccc(Cl)cc2)n1. The van der Waals surface area contributed by atoms with Crippen LogP contribution >= 0.6 is 46.6 Å². The Morgan fingerprint density at radius 3 is 2.19 bits per heavy atom. The van der Waals surface area contributed by atoms with E-state index in [1.54, 1.807) is 30.3 Å². The number of aromatic nitrogens is 2. The third-order valence-corrected chi connectivity index (χ3v) is 4.66. The largest absolute Gasteiger partial charge is 0.339 e. The summed E-state index contributed by atoms with van der Waals surface area (Å²) in [6.07, 6.45) is 1.87. The van der Waals surface area contributed by atoms with Crippen molar-refractivity contribution in [1.82, 2.24) is 9.97 Å². The molecule has 0 aliphatic heterocycles. The van der Waals surface area contributed by atoms with Crippen molar-refractivity contribution in [2.45, 2.75) is 5.16 Å². The lowest BCUT2D eigenvalue weighted by Gasteiger charge is -2.13. The maximum atomic E-state index is 9.71. The van der Waals surface area contributed by atoms with Gasteiger partial charge in [-0.2, -0.15) is 5.26 Å². The summed E-state index contributed by atoms with van der Waals surface area (Å²) in [5, 5.41) is 14.9. The lowest BCUT2D eigenvalue weighted by atomic mass is 10.1. The van der Waals surface area contributed by atoms with Gasteiger partial charge in [0.05, 0.1) is 5.69 Å². The fourth-order valence-corrected chi connectivity index (χ4v) is 3.32.